The Balaban J connectivity index is 3.04. The van der Waals surface area contributed by atoms with Gasteiger partial charge in [-0.05, 0) is 39.0 Å². The number of rotatable bonds is 12. The molecule has 1 unspecified atom stereocenters. The molecule has 0 aromatic carbocycles. The van der Waals surface area contributed by atoms with E-state index in [1.165, 1.54) is 64.2 Å². The van der Waals surface area contributed by atoms with E-state index in [0.717, 1.165) is 6.42 Å². The minimum absolute atomic E-state index is 0.137. The molecule has 1 N–H and O–H groups in total. The Morgan fingerprint density at radius 2 is 1.35 bits per heavy atom. The second-order valence-corrected chi connectivity index (χ2v) is 5.21. The molecule has 1 radical (unpaired) electrons. The summed E-state index contributed by atoms with van der Waals surface area (Å²) >= 11 is 0. The van der Waals surface area contributed by atoms with Gasteiger partial charge < -0.3 is 0 Å². The summed E-state index contributed by atoms with van der Waals surface area (Å²) in [5.41, 5.74) is 7.41. The van der Waals surface area contributed by atoms with Crippen LogP contribution >= 0.6 is 0 Å². The molecule has 0 aliphatic rings. The molecule has 101 valence electrons. The van der Waals surface area contributed by atoms with Crippen molar-refractivity contribution in [2.75, 3.05) is 0 Å². The Hall–Kier alpha value is -0.300. The van der Waals surface area contributed by atoms with E-state index in [-0.39, 0.29) is 6.04 Å². The predicted octanol–water partition coefficient (Wildman–Crippen LogP) is 5.53. The maximum absolute atomic E-state index is 7.41. The van der Waals surface area contributed by atoms with Gasteiger partial charge in [0.05, 0.1) is 0 Å². The molecule has 0 fully saturated rings. The summed E-state index contributed by atoms with van der Waals surface area (Å²) in [6.45, 7) is 4.25. The second-order valence-electron chi connectivity index (χ2n) is 5.21. The van der Waals surface area contributed by atoms with Crippen LogP contribution in [0.25, 0.3) is 0 Å². The zero-order chi connectivity index (χ0) is 12.8. The molecule has 0 saturated heterocycles. The van der Waals surface area contributed by atoms with Gasteiger partial charge in [0.1, 0.15) is 0 Å². The number of allylic oxidation sites excluding steroid dienone is 2. The van der Waals surface area contributed by atoms with E-state index in [9.17, 15) is 0 Å². The lowest BCUT2D eigenvalue weighted by Crippen LogP contribution is -2.00. The van der Waals surface area contributed by atoms with Gasteiger partial charge in [-0.2, -0.15) is 0 Å². The molecule has 17 heavy (non-hydrogen) atoms. The summed E-state index contributed by atoms with van der Waals surface area (Å²) < 4.78 is 0. The average molecular weight is 238 g/mol. The highest BCUT2D eigenvalue weighted by Gasteiger charge is 1.94. The van der Waals surface area contributed by atoms with E-state index < -0.39 is 0 Å². The fourth-order valence-corrected chi connectivity index (χ4v) is 1.99. The molecule has 0 bridgehead atoms. The Morgan fingerprint density at radius 3 is 1.88 bits per heavy atom. The standard InChI is InChI=1S/C16H32N/c1-3-4-5-6-7-8-9-10-11-12-13-14-15-16(2)17/h8-9,16-17H,3-7,10-15H2,1-2H3. The van der Waals surface area contributed by atoms with Gasteiger partial charge in [-0.25, -0.2) is 0 Å². The minimum Gasteiger partial charge on any atom is -0.255 e. The smallest absolute Gasteiger partial charge is 0.0184 e. The quantitative estimate of drug-likeness (QED) is 0.315. The van der Waals surface area contributed by atoms with Crippen molar-refractivity contribution in [3.05, 3.63) is 12.2 Å². The van der Waals surface area contributed by atoms with E-state index in [4.69, 9.17) is 5.73 Å². The summed E-state index contributed by atoms with van der Waals surface area (Å²) in [6.07, 6.45) is 19.0. The third kappa shape index (κ3) is 15.7. The van der Waals surface area contributed by atoms with Crippen molar-refractivity contribution in [1.82, 2.24) is 5.73 Å². The third-order valence-electron chi connectivity index (χ3n) is 3.15. The Kier molecular flexibility index (Phi) is 13.5. The van der Waals surface area contributed by atoms with Crippen LogP contribution in [0.1, 0.15) is 84.5 Å². The van der Waals surface area contributed by atoms with Crippen molar-refractivity contribution < 1.29 is 0 Å². The van der Waals surface area contributed by atoms with Gasteiger partial charge in [-0.3, -0.25) is 5.73 Å². The molecule has 0 rings (SSSR count). The largest absolute Gasteiger partial charge is 0.255 e. The molecule has 0 aliphatic carbocycles. The zero-order valence-corrected chi connectivity index (χ0v) is 12.0. The lowest BCUT2D eigenvalue weighted by atomic mass is 10.1. The molecule has 0 aromatic heterocycles. The summed E-state index contributed by atoms with van der Waals surface area (Å²) in [5.74, 6) is 0. The molecule has 0 aliphatic heterocycles. The first-order valence-corrected chi connectivity index (χ1v) is 7.63. The van der Waals surface area contributed by atoms with Gasteiger partial charge in [0.15, 0.2) is 0 Å². The fraction of sp³-hybridized carbons (Fsp3) is 0.875. The number of nitrogens with one attached hydrogen (secondary N) is 1. The highest BCUT2D eigenvalue weighted by Crippen LogP contribution is 2.08. The minimum atomic E-state index is 0.137. The van der Waals surface area contributed by atoms with Crippen molar-refractivity contribution in [3.8, 4) is 0 Å². The average Bonchev–Trinajstić information content (AvgIpc) is 2.30. The van der Waals surface area contributed by atoms with Crippen molar-refractivity contribution in [1.29, 1.82) is 0 Å². The fourth-order valence-electron chi connectivity index (χ4n) is 1.99. The van der Waals surface area contributed by atoms with Crippen LogP contribution in [0.5, 0.6) is 0 Å². The lowest BCUT2D eigenvalue weighted by Gasteiger charge is -2.02. The van der Waals surface area contributed by atoms with E-state index in [2.05, 4.69) is 19.1 Å². The SMILES string of the molecule is CCCCCCC=CCCCCCCC(C)[NH]. The Morgan fingerprint density at radius 1 is 0.824 bits per heavy atom. The predicted molar refractivity (Wildman–Crippen MR) is 78.2 cm³/mol. The molecule has 0 heterocycles. The van der Waals surface area contributed by atoms with Gasteiger partial charge in [0, 0.05) is 6.04 Å². The van der Waals surface area contributed by atoms with E-state index in [1.807, 2.05) is 6.92 Å². The first-order chi connectivity index (χ1) is 8.27. The summed E-state index contributed by atoms with van der Waals surface area (Å²) in [5, 5.41) is 0. The Labute approximate surface area is 109 Å². The molecule has 0 amide bonds. The van der Waals surface area contributed by atoms with Crippen LogP contribution < -0.4 is 5.73 Å². The maximum Gasteiger partial charge on any atom is 0.0184 e. The molecular formula is C16H32N. The molecule has 1 nitrogen and oxygen atoms in total. The van der Waals surface area contributed by atoms with Crippen molar-refractivity contribution >= 4 is 0 Å². The van der Waals surface area contributed by atoms with Gasteiger partial charge in [0.25, 0.3) is 0 Å². The molecule has 0 aromatic rings. The van der Waals surface area contributed by atoms with Crippen LogP contribution in [-0.2, 0) is 0 Å². The van der Waals surface area contributed by atoms with E-state index in [0.29, 0.717) is 0 Å². The van der Waals surface area contributed by atoms with Crippen LogP contribution in [0.2, 0.25) is 0 Å². The second kappa shape index (κ2) is 13.8. The highest BCUT2D eigenvalue weighted by molar-refractivity contribution is 4.81. The van der Waals surface area contributed by atoms with Crippen LogP contribution in [0.3, 0.4) is 0 Å². The maximum atomic E-state index is 7.41. The summed E-state index contributed by atoms with van der Waals surface area (Å²) in [7, 11) is 0. The molecule has 0 spiro atoms. The third-order valence-corrected chi connectivity index (χ3v) is 3.15. The van der Waals surface area contributed by atoms with Crippen molar-refractivity contribution in [2.45, 2.75) is 90.5 Å². The Bertz CT molecular complexity index is 161. The van der Waals surface area contributed by atoms with Gasteiger partial charge in [-0.15, -0.1) is 0 Å². The summed E-state index contributed by atoms with van der Waals surface area (Å²) in [6, 6.07) is 0.137. The summed E-state index contributed by atoms with van der Waals surface area (Å²) in [4.78, 5) is 0. The number of hydrogen-bond acceptors (Lipinski definition) is 0. The van der Waals surface area contributed by atoms with Crippen LogP contribution in [0.15, 0.2) is 12.2 Å². The van der Waals surface area contributed by atoms with Gasteiger partial charge in [0.2, 0.25) is 0 Å². The normalized spacial score (nSPS) is 13.4. The van der Waals surface area contributed by atoms with E-state index in [1.54, 1.807) is 0 Å². The topological polar surface area (TPSA) is 23.8 Å². The highest BCUT2D eigenvalue weighted by atomic mass is 14.6. The lowest BCUT2D eigenvalue weighted by molar-refractivity contribution is 0.559. The first kappa shape index (κ1) is 16.7. The molecule has 1 atom stereocenters. The molecule has 1 heteroatoms. The van der Waals surface area contributed by atoms with Gasteiger partial charge in [-0.1, -0.05) is 57.6 Å². The van der Waals surface area contributed by atoms with E-state index >= 15 is 0 Å². The zero-order valence-electron chi connectivity index (χ0n) is 12.0. The number of hydrogen-bond donors (Lipinski definition) is 0. The molecular weight excluding hydrogens is 206 g/mol. The first-order valence-electron chi connectivity index (χ1n) is 7.63. The number of unbranched alkanes of at least 4 members (excludes halogenated alkanes) is 8. The van der Waals surface area contributed by atoms with Crippen LogP contribution in [0, 0.1) is 0 Å². The monoisotopic (exact) mass is 238 g/mol. The van der Waals surface area contributed by atoms with Gasteiger partial charge >= 0.3 is 0 Å². The van der Waals surface area contributed by atoms with Crippen LogP contribution in [-0.4, -0.2) is 6.04 Å². The van der Waals surface area contributed by atoms with Crippen molar-refractivity contribution in [3.63, 3.8) is 0 Å². The molecule has 0 saturated carbocycles. The van der Waals surface area contributed by atoms with Crippen LogP contribution in [0.4, 0.5) is 0 Å². The van der Waals surface area contributed by atoms with Crippen molar-refractivity contribution in [2.24, 2.45) is 0 Å².